The molecule has 68 valence electrons. The summed E-state index contributed by atoms with van der Waals surface area (Å²) in [6, 6.07) is 5.17. The highest BCUT2D eigenvalue weighted by Crippen LogP contribution is 2.24. The number of hydrogen-bond acceptors (Lipinski definition) is 3. The van der Waals surface area contributed by atoms with Gasteiger partial charge in [0.05, 0.1) is 0 Å². The molecule has 3 rings (SSSR count). The minimum atomic E-state index is 0.538. The molecule has 0 N–H and O–H groups in total. The van der Waals surface area contributed by atoms with E-state index < -0.39 is 0 Å². The smallest absolute Gasteiger partial charge is 0.272 e. The highest BCUT2D eigenvalue weighted by atomic mass is 16.5. The van der Waals surface area contributed by atoms with E-state index in [1.54, 1.807) is 30.6 Å². The van der Waals surface area contributed by atoms with Crippen molar-refractivity contribution in [1.82, 2.24) is 4.98 Å². The van der Waals surface area contributed by atoms with Gasteiger partial charge >= 0.3 is 0 Å². The number of aromatic nitrogens is 2. The van der Waals surface area contributed by atoms with Crippen LogP contribution in [0.25, 0.3) is 22.1 Å². The SMILES string of the molecule is [O-][n+]1cccc2oc3ccncc3c21. The Balaban J connectivity index is 2.65. The number of hydrogen-bond donors (Lipinski definition) is 0. The third-order valence-corrected chi connectivity index (χ3v) is 2.18. The van der Waals surface area contributed by atoms with Crippen LogP contribution in [0.15, 0.2) is 41.2 Å². The van der Waals surface area contributed by atoms with Crippen LogP contribution in [0.2, 0.25) is 0 Å². The average molecular weight is 186 g/mol. The standard InChI is InChI=1S/C10H6N2O2/c13-12-5-1-2-9-10(12)7-6-11-4-3-8(7)14-9/h1-6H. The van der Waals surface area contributed by atoms with Crippen molar-refractivity contribution in [2.75, 3.05) is 0 Å². The molecule has 3 aromatic rings. The van der Waals surface area contributed by atoms with Gasteiger partial charge in [-0.2, -0.15) is 4.73 Å². The number of fused-ring (bicyclic) bond motifs is 3. The predicted octanol–water partition coefficient (Wildman–Crippen LogP) is 1.61. The van der Waals surface area contributed by atoms with E-state index in [4.69, 9.17) is 4.42 Å². The summed E-state index contributed by atoms with van der Waals surface area (Å²) >= 11 is 0. The van der Waals surface area contributed by atoms with Crippen LogP contribution in [-0.2, 0) is 0 Å². The molecular weight excluding hydrogens is 180 g/mol. The van der Waals surface area contributed by atoms with Crippen molar-refractivity contribution in [2.45, 2.75) is 0 Å². The van der Waals surface area contributed by atoms with Gasteiger partial charge in [-0.05, 0) is 6.07 Å². The Bertz CT molecular complexity index is 616. The van der Waals surface area contributed by atoms with E-state index in [0.29, 0.717) is 16.7 Å². The molecule has 0 aliphatic rings. The van der Waals surface area contributed by atoms with Crippen LogP contribution in [0.5, 0.6) is 0 Å². The summed E-state index contributed by atoms with van der Waals surface area (Å²) in [6.07, 6.45) is 4.72. The van der Waals surface area contributed by atoms with Gasteiger partial charge in [-0.3, -0.25) is 4.98 Å². The van der Waals surface area contributed by atoms with Crippen molar-refractivity contribution >= 4 is 22.1 Å². The molecular formula is C10H6N2O2. The first-order valence-corrected chi connectivity index (χ1v) is 4.21. The molecule has 3 heterocycles. The van der Waals surface area contributed by atoms with Crippen LogP contribution < -0.4 is 4.73 Å². The summed E-state index contributed by atoms with van der Waals surface area (Å²) < 4.78 is 6.27. The van der Waals surface area contributed by atoms with E-state index in [1.165, 1.54) is 6.20 Å². The Hall–Kier alpha value is -2.10. The second-order valence-corrected chi connectivity index (χ2v) is 3.02. The highest BCUT2D eigenvalue weighted by Gasteiger charge is 2.13. The van der Waals surface area contributed by atoms with Crippen LogP contribution in [0.3, 0.4) is 0 Å². The van der Waals surface area contributed by atoms with E-state index in [1.807, 2.05) is 0 Å². The van der Waals surface area contributed by atoms with Crippen LogP contribution in [0.1, 0.15) is 0 Å². The van der Waals surface area contributed by atoms with Gasteiger partial charge in [-0.25, -0.2) is 0 Å². The van der Waals surface area contributed by atoms with E-state index >= 15 is 0 Å². The lowest BCUT2D eigenvalue weighted by Gasteiger charge is -1.94. The van der Waals surface area contributed by atoms with Gasteiger partial charge < -0.3 is 9.62 Å². The summed E-state index contributed by atoms with van der Waals surface area (Å²) in [4.78, 5) is 3.96. The molecule has 0 aromatic carbocycles. The lowest BCUT2D eigenvalue weighted by Crippen LogP contribution is -2.25. The lowest BCUT2D eigenvalue weighted by atomic mass is 10.3. The quantitative estimate of drug-likeness (QED) is 0.396. The van der Waals surface area contributed by atoms with Crippen molar-refractivity contribution in [1.29, 1.82) is 0 Å². The molecule has 0 unspecified atom stereocenters. The summed E-state index contributed by atoms with van der Waals surface area (Å²) in [5.41, 5.74) is 1.81. The Labute approximate surface area is 79.0 Å². The summed E-state index contributed by atoms with van der Waals surface area (Å²) in [5, 5.41) is 12.2. The minimum absolute atomic E-state index is 0.538. The second-order valence-electron chi connectivity index (χ2n) is 3.02. The Morgan fingerprint density at radius 3 is 3.14 bits per heavy atom. The van der Waals surface area contributed by atoms with Gasteiger partial charge in [0, 0.05) is 24.5 Å². The predicted molar refractivity (Wildman–Crippen MR) is 50.5 cm³/mol. The molecule has 4 heteroatoms. The van der Waals surface area contributed by atoms with E-state index in [-0.39, 0.29) is 0 Å². The van der Waals surface area contributed by atoms with Crippen molar-refractivity contribution in [2.24, 2.45) is 0 Å². The van der Waals surface area contributed by atoms with Crippen LogP contribution in [0, 0.1) is 5.21 Å². The lowest BCUT2D eigenvalue weighted by molar-refractivity contribution is -0.576. The van der Waals surface area contributed by atoms with Gasteiger partial charge in [0.2, 0.25) is 5.58 Å². The largest absolute Gasteiger partial charge is 0.618 e. The maximum absolute atomic E-state index is 11.5. The Morgan fingerprint density at radius 2 is 2.21 bits per heavy atom. The van der Waals surface area contributed by atoms with E-state index in [0.717, 1.165) is 10.1 Å². The molecule has 0 aliphatic carbocycles. The maximum Gasteiger partial charge on any atom is 0.272 e. The average Bonchev–Trinajstić information content (AvgIpc) is 2.57. The van der Waals surface area contributed by atoms with E-state index in [9.17, 15) is 5.21 Å². The molecule has 0 radical (unpaired) electrons. The zero-order valence-corrected chi connectivity index (χ0v) is 7.18. The number of pyridine rings is 2. The fourth-order valence-electron chi connectivity index (χ4n) is 1.57. The first-order valence-electron chi connectivity index (χ1n) is 4.21. The molecule has 14 heavy (non-hydrogen) atoms. The maximum atomic E-state index is 11.5. The highest BCUT2D eigenvalue weighted by molar-refractivity contribution is 5.99. The minimum Gasteiger partial charge on any atom is -0.618 e. The molecule has 0 saturated carbocycles. The molecule has 3 aromatic heterocycles. The molecule has 0 aliphatic heterocycles. The Morgan fingerprint density at radius 1 is 1.29 bits per heavy atom. The van der Waals surface area contributed by atoms with E-state index in [2.05, 4.69) is 4.98 Å². The van der Waals surface area contributed by atoms with Gasteiger partial charge in [-0.1, -0.05) is 0 Å². The fourth-order valence-corrected chi connectivity index (χ4v) is 1.57. The number of nitrogens with zero attached hydrogens (tertiary/aromatic N) is 2. The topological polar surface area (TPSA) is 53.0 Å². The van der Waals surface area contributed by atoms with Crippen LogP contribution in [-0.4, -0.2) is 4.98 Å². The first kappa shape index (κ1) is 7.32. The first-order chi connectivity index (χ1) is 6.86. The normalized spacial score (nSPS) is 11.1. The van der Waals surface area contributed by atoms with Crippen molar-refractivity contribution in [3.63, 3.8) is 0 Å². The molecule has 0 fully saturated rings. The van der Waals surface area contributed by atoms with Crippen molar-refractivity contribution in [3.05, 3.63) is 42.0 Å². The second kappa shape index (κ2) is 2.45. The molecule has 4 nitrogen and oxygen atoms in total. The van der Waals surface area contributed by atoms with Crippen LogP contribution in [0.4, 0.5) is 0 Å². The Kier molecular flexibility index (Phi) is 1.28. The third-order valence-electron chi connectivity index (χ3n) is 2.18. The number of rotatable bonds is 0. The summed E-state index contributed by atoms with van der Waals surface area (Å²) in [6.45, 7) is 0. The summed E-state index contributed by atoms with van der Waals surface area (Å²) in [5.74, 6) is 0. The molecule has 0 bridgehead atoms. The molecule has 0 atom stereocenters. The molecule has 0 amide bonds. The summed E-state index contributed by atoms with van der Waals surface area (Å²) in [7, 11) is 0. The molecule has 0 saturated heterocycles. The fraction of sp³-hybridized carbons (Fsp3) is 0. The van der Waals surface area contributed by atoms with Gasteiger partial charge in [0.25, 0.3) is 5.52 Å². The zero-order chi connectivity index (χ0) is 9.54. The zero-order valence-electron chi connectivity index (χ0n) is 7.18. The van der Waals surface area contributed by atoms with Crippen molar-refractivity contribution in [3.8, 4) is 0 Å². The van der Waals surface area contributed by atoms with Gasteiger partial charge in [-0.15, -0.1) is 0 Å². The van der Waals surface area contributed by atoms with Gasteiger partial charge in [0.1, 0.15) is 11.0 Å². The van der Waals surface area contributed by atoms with Gasteiger partial charge in [0.15, 0.2) is 6.20 Å². The third kappa shape index (κ3) is 0.821. The van der Waals surface area contributed by atoms with Crippen molar-refractivity contribution < 1.29 is 9.15 Å². The number of furan rings is 1. The monoisotopic (exact) mass is 186 g/mol. The van der Waals surface area contributed by atoms with Crippen LogP contribution >= 0.6 is 0 Å². The molecule has 0 spiro atoms.